The number of nitrogen functional groups attached to an aromatic ring is 1. The number of amides is 1. The first-order valence-electron chi connectivity index (χ1n) is 9.52. The second kappa shape index (κ2) is 8.22. The van der Waals surface area contributed by atoms with Gasteiger partial charge in [-0.2, -0.15) is 0 Å². The van der Waals surface area contributed by atoms with Crippen molar-refractivity contribution in [2.24, 2.45) is 0 Å². The monoisotopic (exact) mass is 386 g/mol. The van der Waals surface area contributed by atoms with Gasteiger partial charge >= 0.3 is 0 Å². The van der Waals surface area contributed by atoms with Crippen LogP contribution in [0.5, 0.6) is 5.75 Å². The Balaban J connectivity index is 0.00000210. The third-order valence-corrected chi connectivity index (χ3v) is 5.80. The normalized spacial score (nSPS) is 18.1. The number of nitrogens with two attached hydrogens (primary N) is 1. The number of fused-ring (bicyclic) bond motifs is 2. The van der Waals surface area contributed by atoms with E-state index in [1.165, 1.54) is 11.1 Å². The molecule has 2 aromatic carbocycles. The van der Waals surface area contributed by atoms with Crippen LogP contribution in [0.4, 0.5) is 11.4 Å². The van der Waals surface area contributed by atoms with Crippen molar-refractivity contribution in [1.82, 2.24) is 0 Å². The zero-order valence-electron chi connectivity index (χ0n) is 15.7. The number of nitrogens with zero attached hydrogens (tertiary/aromatic N) is 1. The van der Waals surface area contributed by atoms with Gasteiger partial charge in [-0.1, -0.05) is 12.1 Å². The second-order valence-corrected chi connectivity index (χ2v) is 7.35. The number of rotatable bonds is 3. The van der Waals surface area contributed by atoms with E-state index in [0.29, 0.717) is 12.3 Å². The third-order valence-electron chi connectivity index (χ3n) is 5.80. The molecule has 1 heterocycles. The minimum atomic E-state index is 0. The van der Waals surface area contributed by atoms with E-state index in [2.05, 4.69) is 12.1 Å². The van der Waals surface area contributed by atoms with Gasteiger partial charge in [0.1, 0.15) is 5.75 Å². The molecule has 4 rings (SSSR count). The summed E-state index contributed by atoms with van der Waals surface area (Å²) >= 11 is 0. The van der Waals surface area contributed by atoms with Crippen molar-refractivity contribution in [3.63, 3.8) is 0 Å². The maximum absolute atomic E-state index is 13.1. The number of carbonyl (C=O) groups is 1. The minimum Gasteiger partial charge on any atom is -0.497 e. The average Bonchev–Trinajstić information content (AvgIpc) is 2.67. The summed E-state index contributed by atoms with van der Waals surface area (Å²) in [5.74, 6) is 1.41. The molecule has 0 bridgehead atoms. The summed E-state index contributed by atoms with van der Waals surface area (Å²) in [7, 11) is 1.70. The molecule has 27 heavy (non-hydrogen) atoms. The van der Waals surface area contributed by atoms with Crippen LogP contribution in [0, 0.1) is 0 Å². The van der Waals surface area contributed by atoms with E-state index in [4.69, 9.17) is 10.5 Å². The Labute approximate surface area is 167 Å². The van der Waals surface area contributed by atoms with Gasteiger partial charge in [0.05, 0.1) is 7.11 Å². The Morgan fingerprint density at radius 1 is 1.22 bits per heavy atom. The van der Waals surface area contributed by atoms with Gasteiger partial charge in [-0.25, -0.2) is 0 Å². The number of methoxy groups -OCH3 is 1. The van der Waals surface area contributed by atoms with Crippen LogP contribution in [0.25, 0.3) is 0 Å². The topological polar surface area (TPSA) is 55.6 Å². The fraction of sp³-hybridized carbons (Fsp3) is 0.409. The Kier molecular flexibility index (Phi) is 5.95. The zero-order valence-corrected chi connectivity index (χ0v) is 16.6. The highest BCUT2D eigenvalue weighted by Crippen LogP contribution is 2.38. The molecule has 1 unspecified atom stereocenters. The van der Waals surface area contributed by atoms with Gasteiger partial charge in [0.15, 0.2) is 0 Å². The first-order chi connectivity index (χ1) is 12.7. The summed E-state index contributed by atoms with van der Waals surface area (Å²) in [6, 6.07) is 12.2. The van der Waals surface area contributed by atoms with Crippen LogP contribution in [0.2, 0.25) is 0 Å². The van der Waals surface area contributed by atoms with Crippen molar-refractivity contribution >= 4 is 29.7 Å². The summed E-state index contributed by atoms with van der Waals surface area (Å²) in [6.45, 7) is 0.789. The van der Waals surface area contributed by atoms with Crippen molar-refractivity contribution in [2.45, 2.75) is 44.4 Å². The molecule has 1 aliphatic heterocycles. The molecule has 2 N–H and O–H groups in total. The summed E-state index contributed by atoms with van der Waals surface area (Å²) < 4.78 is 5.36. The Morgan fingerprint density at radius 3 is 2.89 bits per heavy atom. The maximum atomic E-state index is 13.1. The van der Waals surface area contributed by atoms with Crippen LogP contribution in [-0.4, -0.2) is 19.6 Å². The first kappa shape index (κ1) is 19.6. The van der Waals surface area contributed by atoms with E-state index in [1.54, 1.807) is 7.11 Å². The molecule has 0 radical (unpaired) electrons. The van der Waals surface area contributed by atoms with Gasteiger partial charge in [0, 0.05) is 24.3 Å². The summed E-state index contributed by atoms with van der Waals surface area (Å²) in [5, 5.41) is 0. The van der Waals surface area contributed by atoms with E-state index in [9.17, 15) is 4.79 Å². The van der Waals surface area contributed by atoms with Crippen LogP contribution in [0.15, 0.2) is 36.4 Å². The molecule has 144 valence electrons. The van der Waals surface area contributed by atoms with Gasteiger partial charge in [-0.05, 0) is 79.0 Å². The minimum absolute atomic E-state index is 0. The lowest BCUT2D eigenvalue weighted by atomic mass is 9.80. The van der Waals surface area contributed by atoms with E-state index >= 15 is 0 Å². The zero-order chi connectivity index (χ0) is 18.1. The summed E-state index contributed by atoms with van der Waals surface area (Å²) in [6.07, 6.45) is 5.77. The number of anilines is 2. The lowest BCUT2D eigenvalue weighted by Crippen LogP contribution is -2.36. The summed E-state index contributed by atoms with van der Waals surface area (Å²) in [4.78, 5) is 15.1. The third kappa shape index (κ3) is 3.77. The average molecular weight is 387 g/mol. The van der Waals surface area contributed by atoms with Gasteiger partial charge in [-0.15, -0.1) is 12.4 Å². The van der Waals surface area contributed by atoms with Crippen molar-refractivity contribution < 1.29 is 9.53 Å². The second-order valence-electron chi connectivity index (χ2n) is 7.35. The van der Waals surface area contributed by atoms with Crippen molar-refractivity contribution in [2.75, 3.05) is 24.3 Å². The molecular weight excluding hydrogens is 360 g/mol. The number of carbonyl (C=O) groups excluding carboxylic acids is 1. The number of halogens is 1. The van der Waals surface area contributed by atoms with E-state index < -0.39 is 0 Å². The molecule has 0 fully saturated rings. The smallest absolute Gasteiger partial charge is 0.227 e. The predicted octanol–water partition coefficient (Wildman–Crippen LogP) is 4.49. The highest BCUT2D eigenvalue weighted by molar-refractivity contribution is 5.96. The fourth-order valence-corrected chi connectivity index (χ4v) is 4.46. The molecule has 5 heteroatoms. The van der Waals surface area contributed by atoms with Gasteiger partial charge in [0.2, 0.25) is 5.91 Å². The molecule has 1 atom stereocenters. The fourth-order valence-electron chi connectivity index (χ4n) is 4.46. The Bertz CT molecular complexity index is 837. The van der Waals surface area contributed by atoms with Gasteiger partial charge < -0.3 is 15.4 Å². The van der Waals surface area contributed by atoms with Crippen LogP contribution >= 0.6 is 12.4 Å². The largest absolute Gasteiger partial charge is 0.497 e. The standard InChI is InChI=1S/C22H26N2O2.ClH/c1-26-17-10-11-18-15(13-17)5-2-6-16(18)14-22(25)24-12-4-7-19-20(23)8-3-9-21(19)24;/h3,8-11,13,16H,2,4-7,12,14,23H2,1H3;1H. The van der Waals surface area contributed by atoms with E-state index in [0.717, 1.165) is 61.3 Å². The first-order valence-corrected chi connectivity index (χ1v) is 9.52. The number of ether oxygens (including phenoxy) is 1. The van der Waals surface area contributed by atoms with Crippen LogP contribution < -0.4 is 15.4 Å². The number of benzene rings is 2. The quantitative estimate of drug-likeness (QED) is 0.791. The van der Waals surface area contributed by atoms with Crippen LogP contribution in [-0.2, 0) is 17.6 Å². The molecule has 0 aromatic heterocycles. The maximum Gasteiger partial charge on any atom is 0.227 e. The Morgan fingerprint density at radius 2 is 2.07 bits per heavy atom. The van der Waals surface area contributed by atoms with Crippen LogP contribution in [0.3, 0.4) is 0 Å². The molecule has 2 aliphatic rings. The summed E-state index contributed by atoms with van der Waals surface area (Å²) in [5.41, 5.74) is 11.7. The molecule has 4 nitrogen and oxygen atoms in total. The molecule has 0 saturated heterocycles. The van der Waals surface area contributed by atoms with Gasteiger partial charge in [0.25, 0.3) is 0 Å². The molecule has 0 saturated carbocycles. The number of hydrogen-bond donors (Lipinski definition) is 1. The number of hydrogen-bond acceptors (Lipinski definition) is 3. The van der Waals surface area contributed by atoms with Crippen molar-refractivity contribution in [3.05, 3.63) is 53.1 Å². The lowest BCUT2D eigenvalue weighted by Gasteiger charge is -2.32. The van der Waals surface area contributed by atoms with Crippen LogP contribution in [0.1, 0.15) is 48.3 Å². The van der Waals surface area contributed by atoms with Crippen molar-refractivity contribution in [1.29, 1.82) is 0 Å². The predicted molar refractivity (Wildman–Crippen MR) is 112 cm³/mol. The van der Waals surface area contributed by atoms with Gasteiger partial charge in [-0.3, -0.25) is 4.79 Å². The van der Waals surface area contributed by atoms with E-state index in [-0.39, 0.29) is 18.3 Å². The molecular formula is C22H27ClN2O2. The SMILES string of the molecule is COc1ccc2c(c1)CCCC2CC(=O)N1CCCc2c(N)cccc21.Cl. The molecule has 0 spiro atoms. The lowest BCUT2D eigenvalue weighted by molar-refractivity contribution is -0.119. The highest BCUT2D eigenvalue weighted by atomic mass is 35.5. The molecule has 1 amide bonds. The van der Waals surface area contributed by atoms with Crippen molar-refractivity contribution in [3.8, 4) is 5.75 Å². The van der Waals surface area contributed by atoms with E-state index in [1.807, 2.05) is 29.2 Å². The Hall–Kier alpha value is -2.20. The number of aryl methyl sites for hydroxylation is 1. The highest BCUT2D eigenvalue weighted by Gasteiger charge is 2.28. The molecule has 2 aromatic rings. The molecule has 1 aliphatic carbocycles.